The van der Waals surface area contributed by atoms with Gasteiger partial charge >= 0.3 is 0 Å². The van der Waals surface area contributed by atoms with Crippen LogP contribution in [0.1, 0.15) is 16.7 Å². The van der Waals surface area contributed by atoms with Crippen LogP contribution in [0.2, 0.25) is 0 Å². The van der Waals surface area contributed by atoms with Gasteiger partial charge in [0.15, 0.2) is 0 Å². The molecule has 0 amide bonds. The van der Waals surface area contributed by atoms with Gasteiger partial charge in [0.25, 0.3) is 0 Å². The number of phenolic OH excluding ortho intramolecular Hbond substituents is 1. The maximum Gasteiger partial charge on any atom is 0.128 e. The SMILES string of the molecule is Oc1cc(N=Cc2ccc3c(c2)CN2CN3Cc3cc(Br)ccc32)ccc1-c1nc2ccccc2s1. The number of aliphatic imine (C=N–C) groups is 1. The number of para-hydroxylation sites is 1. The molecular formula is C29H21BrN4OS. The van der Waals surface area contributed by atoms with Crippen molar-refractivity contribution in [3.63, 3.8) is 0 Å². The van der Waals surface area contributed by atoms with Crippen molar-refractivity contribution in [1.29, 1.82) is 0 Å². The highest BCUT2D eigenvalue weighted by atomic mass is 79.9. The minimum Gasteiger partial charge on any atom is -0.507 e. The van der Waals surface area contributed by atoms with Gasteiger partial charge in [0.2, 0.25) is 0 Å². The third-order valence-corrected chi connectivity index (χ3v) is 8.32. The average molecular weight is 553 g/mol. The van der Waals surface area contributed by atoms with E-state index in [2.05, 4.69) is 72.1 Å². The summed E-state index contributed by atoms with van der Waals surface area (Å²) < 4.78 is 2.23. The maximum absolute atomic E-state index is 10.7. The number of fused-ring (bicyclic) bond motifs is 7. The molecule has 1 N–H and O–H groups in total. The van der Waals surface area contributed by atoms with Crippen molar-refractivity contribution in [3.8, 4) is 16.3 Å². The van der Waals surface area contributed by atoms with E-state index < -0.39 is 0 Å². The number of halogens is 1. The van der Waals surface area contributed by atoms with Crippen LogP contribution in [0.15, 0.2) is 88.3 Å². The van der Waals surface area contributed by atoms with Crippen molar-refractivity contribution >= 4 is 60.8 Å². The first-order chi connectivity index (χ1) is 17.6. The van der Waals surface area contributed by atoms with Crippen molar-refractivity contribution in [2.24, 2.45) is 4.99 Å². The second-order valence-electron chi connectivity index (χ2n) is 9.14. The van der Waals surface area contributed by atoms with E-state index >= 15 is 0 Å². The molecule has 2 aliphatic rings. The quantitative estimate of drug-likeness (QED) is 0.236. The van der Waals surface area contributed by atoms with E-state index in [1.54, 1.807) is 17.4 Å². The Labute approximate surface area is 221 Å². The monoisotopic (exact) mass is 552 g/mol. The first-order valence-corrected chi connectivity index (χ1v) is 13.4. The van der Waals surface area contributed by atoms with Gasteiger partial charge in [0, 0.05) is 41.2 Å². The predicted molar refractivity (Wildman–Crippen MR) is 152 cm³/mol. The zero-order valence-electron chi connectivity index (χ0n) is 19.2. The lowest BCUT2D eigenvalue weighted by molar-refractivity contribution is 0.477. The number of aromatic nitrogens is 1. The zero-order chi connectivity index (χ0) is 24.2. The topological polar surface area (TPSA) is 52.0 Å². The fourth-order valence-electron chi connectivity index (χ4n) is 5.07. The smallest absolute Gasteiger partial charge is 0.128 e. The number of thiazole rings is 1. The van der Waals surface area contributed by atoms with Crippen molar-refractivity contribution in [2.75, 3.05) is 16.5 Å². The molecule has 5 aromatic rings. The number of anilines is 2. The Hall–Kier alpha value is -3.68. The van der Waals surface area contributed by atoms with Gasteiger partial charge in [0.05, 0.1) is 28.1 Å². The number of benzene rings is 4. The van der Waals surface area contributed by atoms with Gasteiger partial charge in [-0.05, 0) is 71.3 Å². The van der Waals surface area contributed by atoms with Gasteiger partial charge in [-0.15, -0.1) is 11.3 Å². The molecule has 0 atom stereocenters. The lowest BCUT2D eigenvalue weighted by atomic mass is 10.0. The summed E-state index contributed by atoms with van der Waals surface area (Å²) in [5.41, 5.74) is 8.66. The summed E-state index contributed by atoms with van der Waals surface area (Å²) in [5, 5.41) is 11.5. The van der Waals surface area contributed by atoms with Gasteiger partial charge < -0.3 is 14.9 Å². The van der Waals surface area contributed by atoms with Crippen molar-refractivity contribution < 1.29 is 5.11 Å². The third kappa shape index (κ3) is 3.75. The maximum atomic E-state index is 10.7. The number of rotatable bonds is 3. The van der Waals surface area contributed by atoms with E-state index in [1.807, 2.05) is 42.6 Å². The van der Waals surface area contributed by atoms with Gasteiger partial charge in [-0.2, -0.15) is 0 Å². The number of nitrogens with zero attached hydrogens (tertiary/aromatic N) is 4. The van der Waals surface area contributed by atoms with E-state index in [9.17, 15) is 5.11 Å². The van der Waals surface area contributed by atoms with Crippen LogP contribution in [0.4, 0.5) is 17.1 Å². The molecular weight excluding hydrogens is 532 g/mol. The van der Waals surface area contributed by atoms with E-state index in [4.69, 9.17) is 0 Å². The molecule has 5 nitrogen and oxygen atoms in total. The Morgan fingerprint density at radius 3 is 2.47 bits per heavy atom. The van der Waals surface area contributed by atoms with Crippen molar-refractivity contribution in [2.45, 2.75) is 13.1 Å². The zero-order valence-corrected chi connectivity index (χ0v) is 21.6. The number of hydrogen-bond donors (Lipinski definition) is 1. The molecule has 0 spiro atoms. The molecule has 0 fully saturated rings. The first-order valence-electron chi connectivity index (χ1n) is 11.7. The second-order valence-corrected chi connectivity index (χ2v) is 11.1. The second kappa shape index (κ2) is 8.47. The van der Waals surface area contributed by atoms with Crippen LogP contribution in [0.5, 0.6) is 5.75 Å². The Balaban J connectivity index is 1.14. The minimum atomic E-state index is 0.188. The van der Waals surface area contributed by atoms with Crippen LogP contribution >= 0.6 is 27.3 Å². The summed E-state index contributed by atoms with van der Waals surface area (Å²) >= 11 is 5.18. The van der Waals surface area contributed by atoms with Crippen molar-refractivity contribution in [3.05, 3.63) is 100 Å². The van der Waals surface area contributed by atoms with Gasteiger partial charge in [-0.1, -0.05) is 34.1 Å². The van der Waals surface area contributed by atoms with Crippen LogP contribution in [0.3, 0.4) is 0 Å². The van der Waals surface area contributed by atoms with Gasteiger partial charge in [-0.25, -0.2) is 4.98 Å². The van der Waals surface area contributed by atoms with E-state index in [1.165, 1.54) is 22.5 Å². The molecule has 3 heterocycles. The molecule has 36 heavy (non-hydrogen) atoms. The lowest BCUT2D eigenvalue weighted by Crippen LogP contribution is -2.46. The van der Waals surface area contributed by atoms with Crippen LogP contribution in [0, 0.1) is 0 Å². The Morgan fingerprint density at radius 2 is 1.67 bits per heavy atom. The molecule has 176 valence electrons. The Kier molecular flexibility index (Phi) is 5.08. The molecule has 2 aliphatic heterocycles. The summed E-state index contributed by atoms with van der Waals surface area (Å²) in [4.78, 5) is 14.2. The normalized spacial score (nSPS) is 14.4. The molecule has 7 heteroatoms. The largest absolute Gasteiger partial charge is 0.507 e. The Bertz CT molecular complexity index is 1640. The van der Waals surface area contributed by atoms with E-state index in [-0.39, 0.29) is 5.75 Å². The highest BCUT2D eigenvalue weighted by Gasteiger charge is 2.29. The fraction of sp³-hybridized carbons (Fsp3) is 0.103. The molecule has 0 aliphatic carbocycles. The van der Waals surface area contributed by atoms with Crippen LogP contribution < -0.4 is 9.80 Å². The highest BCUT2D eigenvalue weighted by Crippen LogP contribution is 2.40. The number of hydrogen-bond acceptors (Lipinski definition) is 6. The third-order valence-electron chi connectivity index (χ3n) is 6.76. The molecule has 0 saturated heterocycles. The van der Waals surface area contributed by atoms with Crippen LogP contribution in [-0.4, -0.2) is 23.0 Å². The summed E-state index contributed by atoms with van der Waals surface area (Å²) in [5.74, 6) is 0.188. The standard InChI is InChI=1S/C29H21BrN4OS/c30-21-6-10-26-20(12-21)16-34-17-33(26)15-19-11-18(5-9-25(19)34)14-31-22-7-8-23(27(35)13-22)29-32-24-3-1-2-4-28(24)36-29/h1-14,35H,15-17H2. The lowest BCUT2D eigenvalue weighted by Gasteiger charge is -2.44. The molecule has 2 bridgehead atoms. The Morgan fingerprint density at radius 1 is 0.889 bits per heavy atom. The molecule has 1 aromatic heterocycles. The summed E-state index contributed by atoms with van der Waals surface area (Å²) in [6.07, 6.45) is 1.87. The van der Waals surface area contributed by atoms with E-state index in [0.717, 1.165) is 50.6 Å². The molecule has 0 saturated carbocycles. The molecule has 0 radical (unpaired) electrons. The van der Waals surface area contributed by atoms with Gasteiger partial charge in [-0.3, -0.25) is 4.99 Å². The molecule has 4 aromatic carbocycles. The fourth-order valence-corrected chi connectivity index (χ4v) is 6.48. The predicted octanol–water partition coefficient (Wildman–Crippen LogP) is 7.48. The molecule has 0 unspecified atom stereocenters. The average Bonchev–Trinajstić information content (AvgIpc) is 3.31. The summed E-state index contributed by atoms with van der Waals surface area (Å²) in [6.45, 7) is 2.70. The first kappa shape index (κ1) is 21.6. The minimum absolute atomic E-state index is 0.188. The summed E-state index contributed by atoms with van der Waals surface area (Å²) in [7, 11) is 0. The number of aromatic hydroxyl groups is 1. The van der Waals surface area contributed by atoms with Crippen LogP contribution in [-0.2, 0) is 13.1 Å². The molecule has 7 rings (SSSR count). The van der Waals surface area contributed by atoms with Crippen LogP contribution in [0.25, 0.3) is 20.8 Å². The van der Waals surface area contributed by atoms with Crippen molar-refractivity contribution in [1.82, 2.24) is 4.98 Å². The van der Waals surface area contributed by atoms with E-state index in [0.29, 0.717) is 5.69 Å². The summed E-state index contributed by atoms with van der Waals surface area (Å²) in [6, 6.07) is 26.6. The van der Waals surface area contributed by atoms with Gasteiger partial charge in [0.1, 0.15) is 10.8 Å². The highest BCUT2D eigenvalue weighted by molar-refractivity contribution is 9.10. The number of phenols is 1.